The molecule has 1 aromatic rings. The predicted molar refractivity (Wildman–Crippen MR) is 69.7 cm³/mol. The van der Waals surface area contributed by atoms with E-state index in [4.69, 9.17) is 11.6 Å². The number of alkyl halides is 1. The van der Waals surface area contributed by atoms with Crippen molar-refractivity contribution >= 4 is 11.6 Å². The van der Waals surface area contributed by atoms with Crippen LogP contribution in [0.4, 0.5) is 8.78 Å². The molecule has 0 amide bonds. The molecule has 1 saturated carbocycles. The van der Waals surface area contributed by atoms with Gasteiger partial charge in [-0.1, -0.05) is 12.8 Å². The minimum absolute atomic E-state index is 0.363. The van der Waals surface area contributed by atoms with Crippen LogP contribution in [0.15, 0.2) is 18.2 Å². The van der Waals surface area contributed by atoms with Crippen LogP contribution >= 0.6 is 11.6 Å². The third-order valence-corrected chi connectivity index (χ3v) is 3.99. The van der Waals surface area contributed by atoms with Crippen molar-refractivity contribution in [2.45, 2.75) is 38.3 Å². The molecule has 0 bridgehead atoms. The molecule has 2 unspecified atom stereocenters. The standard InChI is InChI=1S/C14H18ClF2N/c15-8-11-3-1-2-4-14(11)18-9-10-5-12(16)7-13(17)6-10/h5-7,11,14,18H,1-4,8-9H2. The van der Waals surface area contributed by atoms with E-state index in [9.17, 15) is 8.78 Å². The maximum absolute atomic E-state index is 13.0. The highest BCUT2D eigenvalue weighted by Crippen LogP contribution is 2.25. The molecule has 18 heavy (non-hydrogen) atoms. The Morgan fingerprint density at radius 1 is 1.11 bits per heavy atom. The molecule has 1 aliphatic carbocycles. The second kappa shape index (κ2) is 6.48. The number of hydrogen-bond donors (Lipinski definition) is 1. The number of halogens is 3. The van der Waals surface area contributed by atoms with Gasteiger partial charge >= 0.3 is 0 Å². The van der Waals surface area contributed by atoms with E-state index in [0.717, 1.165) is 18.9 Å². The first-order valence-corrected chi connectivity index (χ1v) is 6.97. The van der Waals surface area contributed by atoms with Crippen molar-refractivity contribution in [3.05, 3.63) is 35.4 Å². The lowest BCUT2D eigenvalue weighted by Gasteiger charge is -2.31. The topological polar surface area (TPSA) is 12.0 Å². The number of rotatable bonds is 4. The van der Waals surface area contributed by atoms with Gasteiger partial charge in [0.2, 0.25) is 0 Å². The van der Waals surface area contributed by atoms with E-state index in [0.29, 0.717) is 29.9 Å². The normalized spacial score (nSPS) is 24.2. The summed E-state index contributed by atoms with van der Waals surface area (Å²) >= 11 is 5.95. The van der Waals surface area contributed by atoms with Gasteiger partial charge in [-0.05, 0) is 36.5 Å². The van der Waals surface area contributed by atoms with Gasteiger partial charge in [0.25, 0.3) is 0 Å². The highest BCUT2D eigenvalue weighted by atomic mass is 35.5. The SMILES string of the molecule is Fc1cc(F)cc(CNC2CCCCC2CCl)c1. The molecule has 0 aromatic heterocycles. The average Bonchev–Trinajstić information content (AvgIpc) is 2.35. The Balaban J connectivity index is 1.93. The average molecular weight is 274 g/mol. The first-order chi connectivity index (χ1) is 8.69. The summed E-state index contributed by atoms with van der Waals surface area (Å²) in [7, 11) is 0. The maximum atomic E-state index is 13.0. The van der Waals surface area contributed by atoms with Crippen LogP contribution in [0.2, 0.25) is 0 Å². The largest absolute Gasteiger partial charge is 0.310 e. The molecule has 4 heteroatoms. The summed E-state index contributed by atoms with van der Waals surface area (Å²) in [6.07, 6.45) is 4.65. The zero-order chi connectivity index (χ0) is 13.0. The summed E-state index contributed by atoms with van der Waals surface area (Å²) in [4.78, 5) is 0. The third-order valence-electron chi connectivity index (χ3n) is 3.60. The lowest BCUT2D eigenvalue weighted by molar-refractivity contribution is 0.282. The predicted octanol–water partition coefficient (Wildman–Crippen LogP) is 3.85. The summed E-state index contributed by atoms with van der Waals surface area (Å²) in [5, 5.41) is 3.38. The zero-order valence-electron chi connectivity index (χ0n) is 10.3. The molecule has 0 saturated heterocycles. The molecule has 0 heterocycles. The molecule has 1 N–H and O–H groups in total. The summed E-state index contributed by atoms with van der Waals surface area (Å²) in [5.41, 5.74) is 0.645. The van der Waals surface area contributed by atoms with Crippen molar-refractivity contribution < 1.29 is 8.78 Å². The Morgan fingerprint density at radius 2 is 1.78 bits per heavy atom. The van der Waals surface area contributed by atoms with Crippen molar-refractivity contribution in [1.82, 2.24) is 5.32 Å². The fraction of sp³-hybridized carbons (Fsp3) is 0.571. The first-order valence-electron chi connectivity index (χ1n) is 6.43. The van der Waals surface area contributed by atoms with Gasteiger partial charge in [-0.2, -0.15) is 0 Å². The molecule has 100 valence electrons. The van der Waals surface area contributed by atoms with E-state index < -0.39 is 11.6 Å². The zero-order valence-corrected chi connectivity index (χ0v) is 11.0. The molecule has 0 radical (unpaired) electrons. The van der Waals surface area contributed by atoms with Crippen LogP contribution in [-0.2, 0) is 6.54 Å². The highest BCUT2D eigenvalue weighted by molar-refractivity contribution is 6.18. The molecule has 2 atom stereocenters. The van der Waals surface area contributed by atoms with Crippen LogP contribution < -0.4 is 5.32 Å². The van der Waals surface area contributed by atoms with Crippen LogP contribution in [-0.4, -0.2) is 11.9 Å². The monoisotopic (exact) mass is 273 g/mol. The summed E-state index contributed by atoms with van der Waals surface area (Å²) in [6.45, 7) is 0.493. The quantitative estimate of drug-likeness (QED) is 0.822. The smallest absolute Gasteiger partial charge is 0.126 e. The van der Waals surface area contributed by atoms with Gasteiger partial charge in [-0.15, -0.1) is 11.6 Å². The first kappa shape index (κ1) is 13.8. The molecule has 0 aliphatic heterocycles. The molecule has 0 spiro atoms. The van der Waals surface area contributed by atoms with Crippen LogP contribution in [0.25, 0.3) is 0 Å². The second-order valence-corrected chi connectivity index (χ2v) is 5.27. The van der Waals surface area contributed by atoms with Crippen LogP contribution in [0.5, 0.6) is 0 Å². The van der Waals surface area contributed by atoms with Gasteiger partial charge in [0.1, 0.15) is 11.6 Å². The van der Waals surface area contributed by atoms with Gasteiger partial charge in [-0.25, -0.2) is 8.78 Å². The van der Waals surface area contributed by atoms with Crippen LogP contribution in [0, 0.1) is 17.6 Å². The fourth-order valence-corrected chi connectivity index (χ4v) is 2.99. The number of nitrogens with one attached hydrogen (secondary N) is 1. The molecular weight excluding hydrogens is 256 g/mol. The van der Waals surface area contributed by atoms with Crippen molar-refractivity contribution in [2.75, 3.05) is 5.88 Å². The van der Waals surface area contributed by atoms with Crippen LogP contribution in [0.3, 0.4) is 0 Å². The van der Waals surface area contributed by atoms with Gasteiger partial charge in [-0.3, -0.25) is 0 Å². The van der Waals surface area contributed by atoms with Crippen molar-refractivity contribution in [3.63, 3.8) is 0 Å². The number of hydrogen-bond acceptors (Lipinski definition) is 1. The van der Waals surface area contributed by atoms with Crippen molar-refractivity contribution in [2.24, 2.45) is 5.92 Å². The molecule has 1 nitrogen and oxygen atoms in total. The molecule has 1 aromatic carbocycles. The van der Waals surface area contributed by atoms with Crippen molar-refractivity contribution in [1.29, 1.82) is 0 Å². The van der Waals surface area contributed by atoms with Gasteiger partial charge in [0.05, 0.1) is 0 Å². The Bertz CT molecular complexity index is 377. The van der Waals surface area contributed by atoms with E-state index in [1.54, 1.807) is 0 Å². The van der Waals surface area contributed by atoms with E-state index >= 15 is 0 Å². The fourth-order valence-electron chi connectivity index (χ4n) is 2.62. The Hall–Kier alpha value is -0.670. The molecule has 1 aliphatic rings. The lowest BCUT2D eigenvalue weighted by Crippen LogP contribution is -2.39. The third kappa shape index (κ3) is 3.66. The van der Waals surface area contributed by atoms with Gasteiger partial charge < -0.3 is 5.32 Å². The number of benzene rings is 1. The van der Waals surface area contributed by atoms with Gasteiger partial charge in [0, 0.05) is 24.5 Å². The molecule has 1 fully saturated rings. The summed E-state index contributed by atoms with van der Waals surface area (Å²) in [5.74, 6) is 0.0716. The van der Waals surface area contributed by atoms with E-state index in [-0.39, 0.29) is 0 Å². The second-order valence-electron chi connectivity index (χ2n) is 4.96. The van der Waals surface area contributed by atoms with E-state index in [1.165, 1.54) is 25.0 Å². The lowest BCUT2D eigenvalue weighted by atomic mass is 9.85. The highest BCUT2D eigenvalue weighted by Gasteiger charge is 2.23. The Labute approximate surface area is 112 Å². The molecular formula is C14H18ClF2N. The Kier molecular flexibility index (Phi) is 4.95. The summed E-state index contributed by atoms with van der Waals surface area (Å²) < 4.78 is 26.1. The van der Waals surface area contributed by atoms with Crippen molar-refractivity contribution in [3.8, 4) is 0 Å². The molecule has 2 rings (SSSR count). The van der Waals surface area contributed by atoms with E-state index in [2.05, 4.69) is 5.32 Å². The van der Waals surface area contributed by atoms with E-state index in [1.807, 2.05) is 0 Å². The minimum Gasteiger partial charge on any atom is -0.310 e. The Morgan fingerprint density at radius 3 is 2.44 bits per heavy atom. The van der Waals surface area contributed by atoms with Crippen LogP contribution in [0.1, 0.15) is 31.2 Å². The van der Waals surface area contributed by atoms with Gasteiger partial charge in [0.15, 0.2) is 0 Å². The maximum Gasteiger partial charge on any atom is 0.126 e. The minimum atomic E-state index is -0.524. The summed E-state index contributed by atoms with van der Waals surface area (Å²) in [6, 6.07) is 4.00.